The van der Waals surface area contributed by atoms with Gasteiger partial charge >= 0.3 is 0 Å². The summed E-state index contributed by atoms with van der Waals surface area (Å²) in [7, 11) is 1.64. The molecule has 0 unspecified atom stereocenters. The Morgan fingerprint density at radius 2 is 2.24 bits per heavy atom. The lowest BCUT2D eigenvalue weighted by Gasteiger charge is -2.10. The lowest BCUT2D eigenvalue weighted by atomic mass is 10.2. The highest BCUT2D eigenvalue weighted by molar-refractivity contribution is 5.81. The van der Waals surface area contributed by atoms with Gasteiger partial charge in [0.2, 0.25) is 5.91 Å². The third-order valence-electron chi connectivity index (χ3n) is 2.82. The first kappa shape index (κ1) is 11.8. The van der Waals surface area contributed by atoms with Crippen molar-refractivity contribution in [2.24, 2.45) is 0 Å². The first-order chi connectivity index (χ1) is 8.19. The predicted molar refractivity (Wildman–Crippen MR) is 67.4 cm³/mol. The maximum atomic E-state index is 11.5. The summed E-state index contributed by atoms with van der Waals surface area (Å²) in [5.41, 5.74) is 2.04. The Kier molecular flexibility index (Phi) is 3.52. The molecule has 92 valence electrons. The van der Waals surface area contributed by atoms with E-state index in [0.29, 0.717) is 12.6 Å². The molecule has 0 aromatic heterocycles. The average Bonchev–Trinajstić information content (AvgIpc) is 3.11. The molecule has 0 atom stereocenters. The summed E-state index contributed by atoms with van der Waals surface area (Å²) in [4.78, 5) is 11.5. The molecule has 1 saturated carbocycles. The molecular formula is C13H18N2O2. The Hall–Kier alpha value is -1.71. The van der Waals surface area contributed by atoms with Gasteiger partial charge in [-0.25, -0.2) is 0 Å². The molecule has 1 amide bonds. The van der Waals surface area contributed by atoms with Gasteiger partial charge in [-0.2, -0.15) is 0 Å². The van der Waals surface area contributed by atoms with Crippen LogP contribution in [0.2, 0.25) is 0 Å². The van der Waals surface area contributed by atoms with Gasteiger partial charge < -0.3 is 15.4 Å². The highest BCUT2D eigenvalue weighted by Gasteiger charge is 2.22. The highest BCUT2D eigenvalue weighted by atomic mass is 16.5. The van der Waals surface area contributed by atoms with E-state index in [4.69, 9.17) is 4.74 Å². The van der Waals surface area contributed by atoms with Gasteiger partial charge in [0.05, 0.1) is 13.7 Å². The molecule has 0 aliphatic heterocycles. The van der Waals surface area contributed by atoms with E-state index in [9.17, 15) is 4.79 Å². The summed E-state index contributed by atoms with van der Waals surface area (Å²) in [5, 5.41) is 6.07. The van der Waals surface area contributed by atoms with E-state index in [-0.39, 0.29) is 5.91 Å². The van der Waals surface area contributed by atoms with Gasteiger partial charge in [0.1, 0.15) is 5.75 Å². The van der Waals surface area contributed by atoms with Crippen LogP contribution in [0.1, 0.15) is 18.4 Å². The van der Waals surface area contributed by atoms with Crippen LogP contribution in [0, 0.1) is 6.92 Å². The second kappa shape index (κ2) is 5.08. The molecule has 1 aliphatic carbocycles. The molecule has 1 aromatic rings. The number of hydrogen-bond acceptors (Lipinski definition) is 3. The summed E-state index contributed by atoms with van der Waals surface area (Å²) in [5.74, 6) is 0.887. The van der Waals surface area contributed by atoms with Gasteiger partial charge in [0.25, 0.3) is 0 Å². The molecule has 0 heterocycles. The predicted octanol–water partition coefficient (Wildman–Crippen LogP) is 1.69. The first-order valence-corrected chi connectivity index (χ1v) is 5.87. The quantitative estimate of drug-likeness (QED) is 0.815. The number of ether oxygens (including phenoxy) is 1. The number of benzene rings is 1. The zero-order valence-corrected chi connectivity index (χ0v) is 10.2. The van der Waals surface area contributed by atoms with E-state index >= 15 is 0 Å². The largest absolute Gasteiger partial charge is 0.497 e. The van der Waals surface area contributed by atoms with Crippen LogP contribution in [0.15, 0.2) is 18.2 Å². The molecule has 0 spiro atoms. The van der Waals surface area contributed by atoms with Gasteiger partial charge in [-0.1, -0.05) is 0 Å². The minimum absolute atomic E-state index is 0.0581. The number of hydrogen-bond donors (Lipinski definition) is 2. The number of anilines is 1. The minimum atomic E-state index is 0.0581. The number of methoxy groups -OCH3 is 1. The van der Waals surface area contributed by atoms with Crippen LogP contribution in [0.5, 0.6) is 5.75 Å². The molecule has 1 fully saturated rings. The van der Waals surface area contributed by atoms with Crippen molar-refractivity contribution >= 4 is 11.6 Å². The van der Waals surface area contributed by atoms with Crippen LogP contribution >= 0.6 is 0 Å². The van der Waals surface area contributed by atoms with Crippen LogP contribution in [0.3, 0.4) is 0 Å². The average molecular weight is 234 g/mol. The molecule has 2 N–H and O–H groups in total. The highest BCUT2D eigenvalue weighted by Crippen LogP contribution is 2.21. The van der Waals surface area contributed by atoms with Crippen LogP contribution < -0.4 is 15.4 Å². The molecular weight excluding hydrogens is 216 g/mol. The van der Waals surface area contributed by atoms with Crippen molar-refractivity contribution in [2.45, 2.75) is 25.8 Å². The van der Waals surface area contributed by atoms with Crippen LogP contribution in [0.25, 0.3) is 0 Å². The molecule has 1 aromatic carbocycles. The van der Waals surface area contributed by atoms with Crippen molar-refractivity contribution in [1.29, 1.82) is 0 Å². The van der Waals surface area contributed by atoms with Gasteiger partial charge in [0, 0.05) is 11.7 Å². The smallest absolute Gasteiger partial charge is 0.239 e. The van der Waals surface area contributed by atoms with E-state index < -0.39 is 0 Å². The number of carbonyl (C=O) groups excluding carboxylic acids is 1. The van der Waals surface area contributed by atoms with Crippen LogP contribution in [0.4, 0.5) is 5.69 Å². The third kappa shape index (κ3) is 3.37. The lowest BCUT2D eigenvalue weighted by molar-refractivity contribution is -0.119. The summed E-state index contributed by atoms with van der Waals surface area (Å²) in [6.07, 6.45) is 2.24. The fraction of sp³-hybridized carbons (Fsp3) is 0.462. The maximum absolute atomic E-state index is 11.5. The fourth-order valence-electron chi connectivity index (χ4n) is 1.64. The Bertz CT molecular complexity index is 414. The van der Waals surface area contributed by atoms with Crippen molar-refractivity contribution in [1.82, 2.24) is 5.32 Å². The molecule has 4 heteroatoms. The molecule has 0 radical (unpaired) electrons. The molecule has 1 aliphatic rings. The van der Waals surface area contributed by atoms with Gasteiger partial charge in [0.15, 0.2) is 0 Å². The molecule has 0 bridgehead atoms. The molecule has 0 saturated heterocycles. The van der Waals surface area contributed by atoms with E-state index in [1.165, 1.54) is 0 Å². The topological polar surface area (TPSA) is 50.4 Å². The zero-order valence-electron chi connectivity index (χ0n) is 10.2. The van der Waals surface area contributed by atoms with Gasteiger partial charge in [-0.15, -0.1) is 0 Å². The number of amides is 1. The second-order valence-corrected chi connectivity index (χ2v) is 4.38. The molecule has 17 heavy (non-hydrogen) atoms. The third-order valence-corrected chi connectivity index (χ3v) is 2.82. The number of nitrogens with one attached hydrogen (secondary N) is 2. The minimum Gasteiger partial charge on any atom is -0.497 e. The summed E-state index contributed by atoms with van der Waals surface area (Å²) >= 11 is 0. The Morgan fingerprint density at radius 3 is 2.82 bits per heavy atom. The normalized spacial score (nSPS) is 14.2. The van der Waals surface area contributed by atoms with E-state index in [1.807, 2.05) is 25.1 Å². The van der Waals surface area contributed by atoms with E-state index in [0.717, 1.165) is 29.8 Å². The Balaban J connectivity index is 1.87. The number of aryl methyl sites for hydroxylation is 1. The first-order valence-electron chi connectivity index (χ1n) is 5.87. The van der Waals surface area contributed by atoms with Crippen molar-refractivity contribution in [3.8, 4) is 5.75 Å². The SMILES string of the molecule is COc1ccc(NCC(=O)NC2CC2)c(C)c1. The Morgan fingerprint density at radius 1 is 1.47 bits per heavy atom. The Labute approximate surface area is 101 Å². The maximum Gasteiger partial charge on any atom is 0.239 e. The van der Waals surface area contributed by atoms with Gasteiger partial charge in [-0.05, 0) is 43.5 Å². The van der Waals surface area contributed by atoms with E-state index in [2.05, 4.69) is 10.6 Å². The van der Waals surface area contributed by atoms with Crippen molar-refractivity contribution in [3.63, 3.8) is 0 Å². The summed E-state index contributed by atoms with van der Waals surface area (Å²) in [6.45, 7) is 2.31. The standard InChI is InChI=1S/C13H18N2O2/c1-9-7-11(17-2)5-6-12(9)14-8-13(16)15-10-3-4-10/h5-7,10,14H,3-4,8H2,1-2H3,(H,15,16). The summed E-state index contributed by atoms with van der Waals surface area (Å²) in [6, 6.07) is 6.18. The molecule has 2 rings (SSSR count). The number of rotatable bonds is 5. The zero-order chi connectivity index (χ0) is 12.3. The fourth-order valence-corrected chi connectivity index (χ4v) is 1.64. The lowest BCUT2D eigenvalue weighted by Crippen LogP contribution is -2.31. The molecule has 4 nitrogen and oxygen atoms in total. The summed E-state index contributed by atoms with van der Waals surface area (Å²) < 4.78 is 5.13. The van der Waals surface area contributed by atoms with Crippen molar-refractivity contribution in [2.75, 3.05) is 19.0 Å². The van der Waals surface area contributed by atoms with Crippen molar-refractivity contribution in [3.05, 3.63) is 23.8 Å². The van der Waals surface area contributed by atoms with Crippen LogP contribution in [-0.2, 0) is 4.79 Å². The van der Waals surface area contributed by atoms with Crippen LogP contribution in [-0.4, -0.2) is 25.6 Å². The monoisotopic (exact) mass is 234 g/mol. The van der Waals surface area contributed by atoms with Gasteiger partial charge in [-0.3, -0.25) is 4.79 Å². The second-order valence-electron chi connectivity index (χ2n) is 4.38. The van der Waals surface area contributed by atoms with Crippen molar-refractivity contribution < 1.29 is 9.53 Å². The van der Waals surface area contributed by atoms with E-state index in [1.54, 1.807) is 7.11 Å². The number of carbonyl (C=O) groups is 1.